The van der Waals surface area contributed by atoms with Gasteiger partial charge in [0.2, 0.25) is 5.91 Å². The van der Waals surface area contributed by atoms with Gasteiger partial charge in [0, 0.05) is 12.0 Å². The minimum absolute atomic E-state index is 0.0265. The van der Waals surface area contributed by atoms with Crippen LogP contribution in [0.5, 0.6) is 0 Å². The Morgan fingerprint density at radius 3 is 2.23 bits per heavy atom. The number of carbonyl (C=O) groups excluding carboxylic acids is 1. The maximum Gasteiger partial charge on any atom is 0.309 e. The summed E-state index contributed by atoms with van der Waals surface area (Å²) in [6.07, 6.45) is 9.12. The Morgan fingerprint density at radius 2 is 1.68 bits per heavy atom. The van der Waals surface area contributed by atoms with Gasteiger partial charge in [0.15, 0.2) is 0 Å². The van der Waals surface area contributed by atoms with E-state index >= 15 is 0 Å². The Kier molecular flexibility index (Phi) is 6.64. The lowest BCUT2D eigenvalue weighted by Gasteiger charge is -2.27. The highest BCUT2D eigenvalue weighted by atomic mass is 16.4. The normalized spacial score (nSPS) is 14.5. The Hall–Kier alpha value is -1.32. The molecule has 22 heavy (non-hydrogen) atoms. The third-order valence-electron chi connectivity index (χ3n) is 4.52. The molecule has 2 N–H and O–H groups in total. The quantitative estimate of drug-likeness (QED) is 0.449. The predicted octanol–water partition coefficient (Wildman–Crippen LogP) is 3.91. The number of unbranched alkanes of at least 4 members (excludes halogenated alkanes) is 2. The van der Waals surface area contributed by atoms with Crippen LogP contribution < -0.4 is 5.32 Å². The van der Waals surface area contributed by atoms with Crippen molar-refractivity contribution < 1.29 is 14.7 Å². The molecular formula is C18H31NO3. The SMILES string of the molecule is CC(C)(CCC(C)(C)C(=O)NCCCCCC1=CC1)C(=O)O. The molecule has 0 aromatic rings. The van der Waals surface area contributed by atoms with E-state index in [0.717, 1.165) is 12.8 Å². The first-order valence-electron chi connectivity index (χ1n) is 8.35. The molecule has 0 bridgehead atoms. The highest BCUT2D eigenvalue weighted by Crippen LogP contribution is 2.31. The van der Waals surface area contributed by atoms with Gasteiger partial charge in [0.05, 0.1) is 5.41 Å². The minimum Gasteiger partial charge on any atom is -0.481 e. The Balaban J connectivity index is 2.20. The molecule has 0 atom stereocenters. The number of carboxylic acid groups (broad SMARTS) is 1. The van der Waals surface area contributed by atoms with Gasteiger partial charge in [-0.25, -0.2) is 0 Å². The number of hydrogen-bond donors (Lipinski definition) is 2. The molecule has 0 fully saturated rings. The van der Waals surface area contributed by atoms with Crippen LogP contribution in [0.1, 0.15) is 72.6 Å². The number of nitrogens with one attached hydrogen (secondary N) is 1. The van der Waals surface area contributed by atoms with Crippen LogP contribution >= 0.6 is 0 Å². The van der Waals surface area contributed by atoms with Crippen molar-refractivity contribution in [1.29, 1.82) is 0 Å². The van der Waals surface area contributed by atoms with Crippen LogP contribution in [-0.2, 0) is 9.59 Å². The van der Waals surface area contributed by atoms with E-state index < -0.39 is 16.8 Å². The molecule has 4 heteroatoms. The lowest BCUT2D eigenvalue weighted by molar-refractivity contribution is -0.148. The molecule has 0 aliphatic heterocycles. The second kappa shape index (κ2) is 7.80. The van der Waals surface area contributed by atoms with Gasteiger partial charge < -0.3 is 10.4 Å². The molecule has 0 unspecified atom stereocenters. The van der Waals surface area contributed by atoms with Crippen LogP contribution in [0.4, 0.5) is 0 Å². The first-order valence-corrected chi connectivity index (χ1v) is 8.35. The molecule has 1 aliphatic rings. The Morgan fingerprint density at radius 1 is 1.09 bits per heavy atom. The van der Waals surface area contributed by atoms with Crippen LogP contribution in [0.2, 0.25) is 0 Å². The first kappa shape index (κ1) is 18.7. The van der Waals surface area contributed by atoms with Gasteiger partial charge in [-0.05, 0) is 52.4 Å². The lowest BCUT2D eigenvalue weighted by atomic mass is 9.78. The van der Waals surface area contributed by atoms with E-state index in [-0.39, 0.29) is 5.91 Å². The summed E-state index contributed by atoms with van der Waals surface area (Å²) in [6, 6.07) is 0. The van der Waals surface area contributed by atoms with Crippen molar-refractivity contribution in [1.82, 2.24) is 5.32 Å². The third kappa shape index (κ3) is 6.63. The topological polar surface area (TPSA) is 66.4 Å². The van der Waals surface area contributed by atoms with Crippen molar-refractivity contribution in [3.8, 4) is 0 Å². The van der Waals surface area contributed by atoms with E-state index in [0.29, 0.717) is 19.4 Å². The third-order valence-corrected chi connectivity index (χ3v) is 4.52. The second-order valence-corrected chi connectivity index (χ2v) is 7.71. The zero-order valence-corrected chi connectivity index (χ0v) is 14.5. The van der Waals surface area contributed by atoms with Crippen molar-refractivity contribution in [3.05, 3.63) is 11.6 Å². The van der Waals surface area contributed by atoms with Crippen LogP contribution in [0.3, 0.4) is 0 Å². The van der Waals surface area contributed by atoms with Gasteiger partial charge in [-0.2, -0.15) is 0 Å². The van der Waals surface area contributed by atoms with Crippen molar-refractivity contribution >= 4 is 11.9 Å². The van der Waals surface area contributed by atoms with Gasteiger partial charge in [-0.1, -0.05) is 31.9 Å². The largest absolute Gasteiger partial charge is 0.481 e. The van der Waals surface area contributed by atoms with E-state index in [1.165, 1.54) is 19.3 Å². The van der Waals surface area contributed by atoms with Gasteiger partial charge in [0.1, 0.15) is 0 Å². The predicted molar refractivity (Wildman–Crippen MR) is 88.6 cm³/mol. The zero-order valence-electron chi connectivity index (χ0n) is 14.5. The fourth-order valence-electron chi connectivity index (χ4n) is 2.22. The number of allylic oxidation sites excluding steroid dienone is 2. The molecule has 1 rings (SSSR count). The molecule has 126 valence electrons. The minimum atomic E-state index is -0.811. The molecule has 0 aromatic carbocycles. The molecule has 4 nitrogen and oxygen atoms in total. The summed E-state index contributed by atoms with van der Waals surface area (Å²) >= 11 is 0. The van der Waals surface area contributed by atoms with Crippen molar-refractivity contribution in [3.63, 3.8) is 0 Å². The molecule has 0 saturated heterocycles. The summed E-state index contributed by atoms with van der Waals surface area (Å²) in [6.45, 7) is 7.90. The van der Waals surface area contributed by atoms with Crippen molar-refractivity contribution in [2.75, 3.05) is 6.54 Å². The second-order valence-electron chi connectivity index (χ2n) is 7.71. The van der Waals surface area contributed by atoms with Gasteiger partial charge in [-0.15, -0.1) is 0 Å². The summed E-state index contributed by atoms with van der Waals surface area (Å²) in [5.74, 6) is -0.784. The van der Waals surface area contributed by atoms with Gasteiger partial charge in [-0.3, -0.25) is 9.59 Å². The highest BCUT2D eigenvalue weighted by molar-refractivity contribution is 5.82. The first-order chi connectivity index (χ1) is 10.1. The summed E-state index contributed by atoms with van der Waals surface area (Å²) in [5, 5.41) is 12.1. The maximum atomic E-state index is 12.2. The summed E-state index contributed by atoms with van der Waals surface area (Å²) in [4.78, 5) is 23.4. The molecular weight excluding hydrogens is 278 g/mol. The molecule has 0 radical (unpaired) electrons. The number of amides is 1. The van der Waals surface area contributed by atoms with Gasteiger partial charge >= 0.3 is 5.97 Å². The molecule has 1 aliphatic carbocycles. The molecule has 1 amide bonds. The van der Waals surface area contributed by atoms with E-state index in [4.69, 9.17) is 5.11 Å². The smallest absolute Gasteiger partial charge is 0.309 e. The maximum absolute atomic E-state index is 12.2. The number of rotatable bonds is 11. The Bertz CT molecular complexity index is 436. The van der Waals surface area contributed by atoms with Crippen LogP contribution in [0, 0.1) is 10.8 Å². The van der Waals surface area contributed by atoms with Crippen molar-refractivity contribution in [2.45, 2.75) is 72.6 Å². The highest BCUT2D eigenvalue weighted by Gasteiger charge is 2.33. The lowest BCUT2D eigenvalue weighted by Crippen LogP contribution is -2.38. The van der Waals surface area contributed by atoms with E-state index in [1.54, 1.807) is 19.4 Å². The molecule has 0 spiro atoms. The number of aliphatic carboxylic acids is 1. The van der Waals surface area contributed by atoms with E-state index in [2.05, 4.69) is 11.4 Å². The van der Waals surface area contributed by atoms with Crippen molar-refractivity contribution in [2.24, 2.45) is 10.8 Å². The monoisotopic (exact) mass is 309 g/mol. The summed E-state index contributed by atoms with van der Waals surface area (Å²) < 4.78 is 0. The van der Waals surface area contributed by atoms with Crippen LogP contribution in [-0.4, -0.2) is 23.5 Å². The van der Waals surface area contributed by atoms with Crippen LogP contribution in [0.25, 0.3) is 0 Å². The fourth-order valence-corrected chi connectivity index (χ4v) is 2.22. The van der Waals surface area contributed by atoms with E-state index in [9.17, 15) is 9.59 Å². The molecule has 0 heterocycles. The molecule has 0 saturated carbocycles. The fraction of sp³-hybridized carbons (Fsp3) is 0.778. The van der Waals surface area contributed by atoms with E-state index in [1.807, 2.05) is 13.8 Å². The zero-order chi connectivity index (χ0) is 16.8. The molecule has 0 aromatic heterocycles. The standard InChI is InChI=1S/C18H31NO3/c1-17(2,11-12-18(3,4)16(21)22)15(20)19-13-7-5-6-8-14-9-10-14/h9H,5-8,10-13H2,1-4H3,(H,19,20)(H,21,22). The Labute approximate surface area is 134 Å². The number of carboxylic acids is 1. The number of carbonyl (C=O) groups is 2. The van der Waals surface area contributed by atoms with Gasteiger partial charge in [0.25, 0.3) is 0 Å². The van der Waals surface area contributed by atoms with Crippen LogP contribution in [0.15, 0.2) is 11.6 Å². The average Bonchev–Trinajstić information content (AvgIpc) is 3.24. The average molecular weight is 309 g/mol. The number of hydrogen-bond acceptors (Lipinski definition) is 2. The summed E-state index contributed by atoms with van der Waals surface area (Å²) in [7, 11) is 0. The summed E-state index contributed by atoms with van der Waals surface area (Å²) in [5.41, 5.74) is 0.270.